The molecule has 1 aliphatic rings. The minimum Gasteiger partial charge on any atom is -0.359 e. The van der Waals surface area contributed by atoms with Crippen molar-refractivity contribution in [3.8, 4) is 0 Å². The fraction of sp³-hybridized carbons (Fsp3) is 0.714. The molecule has 0 fully saturated rings. The lowest BCUT2D eigenvalue weighted by atomic mass is 10.0. The number of rotatable bonds is 1. The zero-order valence-electron chi connectivity index (χ0n) is 6.61. The molecule has 13 heavy (non-hydrogen) atoms. The zero-order chi connectivity index (χ0) is 10.2. The standard InChI is InChI=1S/C7H7Cl5O/c1-13-7(12)4(9)2-3(8)5(10)6(7)11/h2,4-6H,1H3. The Labute approximate surface area is 102 Å². The van der Waals surface area contributed by atoms with Gasteiger partial charge in [0.25, 0.3) is 0 Å². The van der Waals surface area contributed by atoms with Gasteiger partial charge in [-0.05, 0) is 6.08 Å². The first-order chi connectivity index (χ1) is 5.93. The Morgan fingerprint density at radius 2 is 1.92 bits per heavy atom. The van der Waals surface area contributed by atoms with Crippen molar-refractivity contribution in [3.05, 3.63) is 11.1 Å². The Morgan fingerprint density at radius 1 is 1.38 bits per heavy atom. The summed E-state index contributed by atoms with van der Waals surface area (Å²) in [5.74, 6) is 0. The lowest BCUT2D eigenvalue weighted by molar-refractivity contribution is 0.0630. The van der Waals surface area contributed by atoms with Crippen molar-refractivity contribution in [3.63, 3.8) is 0 Å². The molecule has 0 aromatic heterocycles. The van der Waals surface area contributed by atoms with Crippen molar-refractivity contribution < 1.29 is 4.74 Å². The first kappa shape index (κ1) is 12.2. The molecule has 0 aliphatic heterocycles. The third-order valence-corrected chi connectivity index (χ3v) is 4.85. The van der Waals surface area contributed by atoms with Crippen LogP contribution in [0.4, 0.5) is 0 Å². The molecule has 1 rings (SSSR count). The molecule has 4 unspecified atom stereocenters. The monoisotopic (exact) mass is 282 g/mol. The van der Waals surface area contributed by atoms with Crippen molar-refractivity contribution >= 4 is 58.0 Å². The van der Waals surface area contributed by atoms with Crippen molar-refractivity contribution in [2.24, 2.45) is 0 Å². The summed E-state index contributed by atoms with van der Waals surface area (Å²) >= 11 is 29.6. The first-order valence-electron chi connectivity index (χ1n) is 3.47. The first-order valence-corrected chi connectivity index (χ1v) is 5.53. The highest BCUT2D eigenvalue weighted by Crippen LogP contribution is 2.43. The van der Waals surface area contributed by atoms with Gasteiger partial charge in [0.05, 0.1) is 16.1 Å². The van der Waals surface area contributed by atoms with E-state index in [1.54, 1.807) is 0 Å². The summed E-state index contributed by atoms with van der Waals surface area (Å²) in [6.45, 7) is 0. The van der Waals surface area contributed by atoms with Gasteiger partial charge in [-0.25, -0.2) is 0 Å². The lowest BCUT2D eigenvalue weighted by Gasteiger charge is -2.38. The predicted octanol–water partition coefficient (Wildman–Crippen LogP) is 3.53. The summed E-state index contributed by atoms with van der Waals surface area (Å²) in [7, 11) is 1.43. The summed E-state index contributed by atoms with van der Waals surface area (Å²) in [5, 5.41) is -2.63. The van der Waals surface area contributed by atoms with E-state index < -0.39 is 21.2 Å². The van der Waals surface area contributed by atoms with Gasteiger partial charge in [0.15, 0.2) is 5.06 Å². The molecule has 0 saturated carbocycles. The second kappa shape index (κ2) is 4.34. The van der Waals surface area contributed by atoms with Crippen LogP contribution in [0.2, 0.25) is 0 Å². The van der Waals surface area contributed by atoms with Gasteiger partial charge in [0.1, 0.15) is 0 Å². The number of alkyl halides is 4. The topological polar surface area (TPSA) is 9.23 Å². The maximum absolute atomic E-state index is 6.05. The Bertz CT molecular complexity index is 231. The quantitative estimate of drug-likeness (QED) is 0.669. The average Bonchev–Trinajstić information content (AvgIpc) is 2.11. The van der Waals surface area contributed by atoms with Crippen LogP contribution in [0.3, 0.4) is 0 Å². The van der Waals surface area contributed by atoms with Crippen LogP contribution in [0.5, 0.6) is 0 Å². The molecule has 4 atom stereocenters. The van der Waals surface area contributed by atoms with Crippen molar-refractivity contribution in [2.75, 3.05) is 7.11 Å². The summed E-state index contributed by atoms with van der Waals surface area (Å²) in [4.78, 5) is 0. The molecule has 0 heterocycles. The third-order valence-electron chi connectivity index (χ3n) is 1.89. The average molecular weight is 284 g/mol. The van der Waals surface area contributed by atoms with Gasteiger partial charge < -0.3 is 4.74 Å². The smallest absolute Gasteiger partial charge is 0.179 e. The molecule has 0 saturated heterocycles. The Morgan fingerprint density at radius 3 is 2.38 bits per heavy atom. The van der Waals surface area contributed by atoms with E-state index in [1.165, 1.54) is 13.2 Å². The Kier molecular flexibility index (Phi) is 4.08. The van der Waals surface area contributed by atoms with Gasteiger partial charge in [-0.2, -0.15) is 0 Å². The van der Waals surface area contributed by atoms with E-state index in [0.29, 0.717) is 5.03 Å². The van der Waals surface area contributed by atoms with Crippen LogP contribution in [0.25, 0.3) is 0 Å². The highest BCUT2D eigenvalue weighted by Gasteiger charge is 2.49. The van der Waals surface area contributed by atoms with Crippen molar-refractivity contribution in [1.29, 1.82) is 0 Å². The van der Waals surface area contributed by atoms with Gasteiger partial charge in [-0.3, -0.25) is 0 Å². The molecule has 0 aromatic rings. The van der Waals surface area contributed by atoms with Crippen LogP contribution in [0.1, 0.15) is 0 Å². The number of methoxy groups -OCH3 is 1. The van der Waals surface area contributed by atoms with Crippen molar-refractivity contribution in [2.45, 2.75) is 21.2 Å². The Balaban J connectivity index is 3.02. The summed E-state index contributed by atoms with van der Waals surface area (Å²) in [5.41, 5.74) is 0. The molecular weight excluding hydrogens is 277 g/mol. The molecule has 0 spiro atoms. The second-order valence-corrected chi connectivity index (χ2v) is 5.10. The van der Waals surface area contributed by atoms with E-state index >= 15 is 0 Å². The molecule has 0 aromatic carbocycles. The molecule has 0 radical (unpaired) electrons. The Hall–Kier alpha value is 1.15. The maximum atomic E-state index is 6.05. The van der Waals surface area contributed by atoms with Gasteiger partial charge >= 0.3 is 0 Å². The minimum atomic E-state index is -1.20. The molecule has 0 bridgehead atoms. The van der Waals surface area contributed by atoms with E-state index in [0.717, 1.165) is 0 Å². The normalized spacial score (nSPS) is 46.0. The number of halogens is 5. The van der Waals surface area contributed by atoms with E-state index in [-0.39, 0.29) is 0 Å². The van der Waals surface area contributed by atoms with E-state index in [4.69, 9.17) is 62.7 Å². The largest absolute Gasteiger partial charge is 0.359 e. The maximum Gasteiger partial charge on any atom is 0.179 e. The van der Waals surface area contributed by atoms with Crippen LogP contribution in [-0.2, 0) is 4.74 Å². The SMILES string of the molecule is COC1(Cl)C(Cl)C=C(Cl)C(Cl)C1Cl. The molecule has 0 amide bonds. The van der Waals surface area contributed by atoms with Crippen LogP contribution >= 0.6 is 58.0 Å². The van der Waals surface area contributed by atoms with Gasteiger partial charge in [0, 0.05) is 12.1 Å². The van der Waals surface area contributed by atoms with Gasteiger partial charge in [-0.1, -0.05) is 23.2 Å². The van der Waals surface area contributed by atoms with E-state index in [1.807, 2.05) is 0 Å². The van der Waals surface area contributed by atoms with Crippen LogP contribution in [-0.4, -0.2) is 28.3 Å². The predicted molar refractivity (Wildman–Crippen MR) is 58.5 cm³/mol. The fourth-order valence-electron chi connectivity index (χ4n) is 1.06. The van der Waals surface area contributed by atoms with E-state index in [2.05, 4.69) is 0 Å². The number of hydrogen-bond acceptors (Lipinski definition) is 1. The minimum absolute atomic E-state index is 0.398. The van der Waals surface area contributed by atoms with Crippen LogP contribution in [0, 0.1) is 0 Å². The van der Waals surface area contributed by atoms with Crippen LogP contribution in [0.15, 0.2) is 11.1 Å². The summed E-state index contributed by atoms with van der Waals surface area (Å²) in [6, 6.07) is 0. The third kappa shape index (κ3) is 2.06. The van der Waals surface area contributed by atoms with Gasteiger partial charge in [0.2, 0.25) is 0 Å². The molecule has 1 aliphatic carbocycles. The van der Waals surface area contributed by atoms with Crippen LogP contribution < -0.4 is 0 Å². The number of hydrogen-bond donors (Lipinski definition) is 0. The molecule has 76 valence electrons. The number of allylic oxidation sites excluding steroid dienone is 1. The summed E-state index contributed by atoms with van der Waals surface area (Å²) < 4.78 is 5.04. The number of ether oxygens (including phenoxy) is 1. The molecule has 6 heteroatoms. The van der Waals surface area contributed by atoms with E-state index in [9.17, 15) is 0 Å². The van der Waals surface area contributed by atoms with Gasteiger partial charge in [-0.15, -0.1) is 34.8 Å². The summed E-state index contributed by atoms with van der Waals surface area (Å²) in [6.07, 6.45) is 1.54. The second-order valence-electron chi connectivity index (χ2n) is 2.66. The molecule has 1 nitrogen and oxygen atoms in total. The molecular formula is C7H7Cl5O. The highest BCUT2D eigenvalue weighted by atomic mass is 35.5. The fourth-order valence-corrected chi connectivity index (χ4v) is 2.74. The van der Waals surface area contributed by atoms with Crippen molar-refractivity contribution in [1.82, 2.24) is 0 Å². The highest BCUT2D eigenvalue weighted by molar-refractivity contribution is 6.45. The molecule has 0 N–H and O–H groups in total. The lowest BCUT2D eigenvalue weighted by Crippen LogP contribution is -2.50. The zero-order valence-corrected chi connectivity index (χ0v) is 10.4.